The molecule has 0 amide bonds. The van der Waals surface area contributed by atoms with E-state index in [1.54, 1.807) is 18.4 Å². The van der Waals surface area contributed by atoms with E-state index < -0.39 is 23.7 Å². The lowest BCUT2D eigenvalue weighted by atomic mass is 10.0. The summed E-state index contributed by atoms with van der Waals surface area (Å²) in [6.45, 7) is 1.80. The van der Waals surface area contributed by atoms with Crippen LogP contribution in [0.5, 0.6) is 0 Å². The van der Waals surface area contributed by atoms with E-state index in [1.807, 2.05) is 0 Å². The molecule has 0 aliphatic heterocycles. The molecule has 1 N–H and O–H groups in total. The van der Waals surface area contributed by atoms with Gasteiger partial charge in [-0.05, 0) is 30.0 Å². The predicted molar refractivity (Wildman–Crippen MR) is 64.5 cm³/mol. The molecule has 1 aromatic carbocycles. The molecule has 2 aromatic rings. The van der Waals surface area contributed by atoms with E-state index in [4.69, 9.17) is 0 Å². The van der Waals surface area contributed by atoms with Crippen LogP contribution in [0.1, 0.15) is 27.7 Å². The van der Waals surface area contributed by atoms with Crippen LogP contribution in [-0.4, -0.2) is 5.11 Å². The van der Waals surface area contributed by atoms with Gasteiger partial charge < -0.3 is 5.11 Å². The molecule has 1 unspecified atom stereocenters. The van der Waals surface area contributed by atoms with Gasteiger partial charge in [0.2, 0.25) is 0 Å². The summed E-state index contributed by atoms with van der Waals surface area (Å²) < 4.78 is 51.6. The number of benzene rings is 1. The lowest BCUT2D eigenvalue weighted by molar-refractivity contribution is -0.140. The molecule has 2 rings (SSSR count). The van der Waals surface area contributed by atoms with Gasteiger partial charge in [0.05, 0.1) is 5.56 Å². The molecule has 19 heavy (non-hydrogen) atoms. The fourth-order valence-electron chi connectivity index (χ4n) is 1.77. The third-order valence-electron chi connectivity index (χ3n) is 2.70. The number of hydrogen-bond donors (Lipinski definition) is 1. The Labute approximate surface area is 111 Å². The Morgan fingerprint density at radius 1 is 1.26 bits per heavy atom. The Kier molecular flexibility index (Phi) is 3.64. The molecule has 1 nitrogen and oxygen atoms in total. The van der Waals surface area contributed by atoms with Crippen LogP contribution >= 0.6 is 11.3 Å². The second-order valence-electron chi connectivity index (χ2n) is 4.10. The van der Waals surface area contributed by atoms with Crippen molar-refractivity contribution in [3.05, 3.63) is 57.0 Å². The molecule has 6 heteroatoms. The number of alkyl halides is 3. The van der Waals surface area contributed by atoms with Crippen molar-refractivity contribution in [2.24, 2.45) is 0 Å². The van der Waals surface area contributed by atoms with Gasteiger partial charge in [0.1, 0.15) is 11.9 Å². The first-order chi connectivity index (χ1) is 8.80. The molecule has 0 radical (unpaired) electrons. The maximum atomic E-state index is 13.8. The first-order valence-electron chi connectivity index (χ1n) is 5.39. The third-order valence-corrected chi connectivity index (χ3v) is 3.57. The number of aliphatic hydroxyl groups excluding tert-OH is 1. The van der Waals surface area contributed by atoms with Gasteiger partial charge in [-0.3, -0.25) is 0 Å². The van der Waals surface area contributed by atoms with Crippen molar-refractivity contribution in [2.75, 3.05) is 0 Å². The van der Waals surface area contributed by atoms with Gasteiger partial charge in [-0.1, -0.05) is 12.1 Å². The molecule has 0 spiro atoms. The van der Waals surface area contributed by atoms with E-state index in [2.05, 4.69) is 0 Å². The smallest absolute Gasteiger partial charge is 0.384 e. The van der Waals surface area contributed by atoms with E-state index in [0.717, 1.165) is 17.0 Å². The number of hydrogen-bond acceptors (Lipinski definition) is 2. The van der Waals surface area contributed by atoms with Crippen molar-refractivity contribution in [2.45, 2.75) is 19.2 Å². The summed E-state index contributed by atoms with van der Waals surface area (Å²) in [7, 11) is 0. The van der Waals surface area contributed by atoms with Crippen molar-refractivity contribution in [1.29, 1.82) is 0 Å². The summed E-state index contributed by atoms with van der Waals surface area (Å²) >= 11 is 1.34. The molecule has 0 aliphatic carbocycles. The zero-order valence-corrected chi connectivity index (χ0v) is 10.6. The second kappa shape index (κ2) is 4.94. The lowest BCUT2D eigenvalue weighted by Crippen LogP contribution is -2.12. The predicted octanol–water partition coefficient (Wildman–Crippen LogP) is 4.30. The van der Waals surface area contributed by atoms with Crippen LogP contribution in [0.15, 0.2) is 29.6 Å². The summed E-state index contributed by atoms with van der Waals surface area (Å²) in [5.74, 6) is -1.42. The topological polar surface area (TPSA) is 20.2 Å². The van der Waals surface area contributed by atoms with Crippen LogP contribution in [0.4, 0.5) is 17.6 Å². The van der Waals surface area contributed by atoms with Crippen LogP contribution in [-0.2, 0) is 6.18 Å². The quantitative estimate of drug-likeness (QED) is 0.818. The lowest BCUT2D eigenvalue weighted by Gasteiger charge is -2.14. The van der Waals surface area contributed by atoms with E-state index in [0.29, 0.717) is 11.6 Å². The largest absolute Gasteiger partial charge is 0.419 e. The Hall–Kier alpha value is -1.40. The van der Waals surface area contributed by atoms with E-state index in [-0.39, 0.29) is 5.56 Å². The molecule has 0 fully saturated rings. The summed E-state index contributed by atoms with van der Waals surface area (Å²) in [5.41, 5.74) is -1.34. The van der Waals surface area contributed by atoms with Crippen LogP contribution in [0.3, 0.4) is 0 Å². The van der Waals surface area contributed by atoms with Gasteiger partial charge >= 0.3 is 6.18 Å². The summed E-state index contributed by atoms with van der Waals surface area (Å²) in [4.78, 5) is 0.890. The monoisotopic (exact) mass is 290 g/mol. The molecule has 0 bridgehead atoms. The Balaban J connectivity index is 2.46. The average molecular weight is 290 g/mol. The zero-order chi connectivity index (χ0) is 14.2. The fourth-order valence-corrected chi connectivity index (χ4v) is 2.49. The Bertz CT molecular complexity index is 589. The first-order valence-corrected chi connectivity index (χ1v) is 6.27. The normalized spacial score (nSPS) is 13.6. The molecule has 0 saturated heterocycles. The van der Waals surface area contributed by atoms with Crippen LogP contribution in [0.25, 0.3) is 0 Å². The van der Waals surface area contributed by atoms with E-state index in [9.17, 15) is 22.7 Å². The highest BCUT2D eigenvalue weighted by Crippen LogP contribution is 2.35. The number of aryl methyl sites for hydroxylation is 1. The van der Waals surface area contributed by atoms with Gasteiger partial charge in [0.15, 0.2) is 0 Å². The number of halogens is 4. The molecule has 102 valence electrons. The van der Waals surface area contributed by atoms with Crippen molar-refractivity contribution < 1.29 is 22.7 Å². The highest BCUT2D eigenvalue weighted by molar-refractivity contribution is 7.10. The average Bonchev–Trinajstić information content (AvgIpc) is 2.74. The molecule has 1 heterocycles. The summed E-state index contributed by atoms with van der Waals surface area (Å²) in [5, 5.41) is 11.6. The van der Waals surface area contributed by atoms with E-state index >= 15 is 0 Å². The molecule has 1 aromatic heterocycles. The van der Waals surface area contributed by atoms with Crippen molar-refractivity contribution in [3.8, 4) is 0 Å². The van der Waals surface area contributed by atoms with Gasteiger partial charge in [0, 0.05) is 10.4 Å². The first kappa shape index (κ1) is 14.0. The van der Waals surface area contributed by atoms with Crippen LogP contribution in [0, 0.1) is 12.7 Å². The van der Waals surface area contributed by atoms with Gasteiger partial charge in [-0.2, -0.15) is 13.2 Å². The SMILES string of the molecule is Cc1cc(C(O)c2cccc(C(F)(F)F)c2F)cs1. The standard InChI is InChI=1S/C13H10F4OS/c1-7-5-8(6-19-7)12(18)9-3-2-4-10(11(9)14)13(15,16)17/h2-6,12,18H,1H3. The third kappa shape index (κ3) is 2.79. The minimum atomic E-state index is -4.77. The second-order valence-corrected chi connectivity index (χ2v) is 5.22. The molecular weight excluding hydrogens is 280 g/mol. The summed E-state index contributed by atoms with van der Waals surface area (Å²) in [6.07, 6.45) is -6.17. The van der Waals surface area contributed by atoms with E-state index in [1.165, 1.54) is 11.3 Å². The van der Waals surface area contributed by atoms with Crippen molar-refractivity contribution >= 4 is 11.3 Å². The van der Waals surface area contributed by atoms with Gasteiger partial charge in [-0.25, -0.2) is 4.39 Å². The number of thiophene rings is 1. The zero-order valence-electron chi connectivity index (χ0n) is 9.83. The minimum Gasteiger partial charge on any atom is -0.384 e. The highest BCUT2D eigenvalue weighted by atomic mass is 32.1. The molecule has 0 saturated carbocycles. The maximum Gasteiger partial charge on any atom is 0.419 e. The number of aliphatic hydroxyl groups is 1. The van der Waals surface area contributed by atoms with Crippen molar-refractivity contribution in [1.82, 2.24) is 0 Å². The molecule has 0 aliphatic rings. The fraction of sp³-hybridized carbons (Fsp3) is 0.231. The van der Waals surface area contributed by atoms with Gasteiger partial charge in [0.25, 0.3) is 0 Å². The van der Waals surface area contributed by atoms with Crippen molar-refractivity contribution in [3.63, 3.8) is 0 Å². The maximum absolute atomic E-state index is 13.8. The summed E-state index contributed by atoms with van der Waals surface area (Å²) in [6, 6.07) is 4.52. The Morgan fingerprint density at radius 2 is 1.95 bits per heavy atom. The minimum absolute atomic E-state index is 0.368. The molecule has 1 atom stereocenters. The van der Waals surface area contributed by atoms with Gasteiger partial charge in [-0.15, -0.1) is 11.3 Å². The highest BCUT2D eigenvalue weighted by Gasteiger charge is 2.35. The Morgan fingerprint density at radius 3 is 2.47 bits per heavy atom. The van der Waals surface area contributed by atoms with Crippen LogP contribution in [0.2, 0.25) is 0 Å². The molecular formula is C13H10F4OS. The number of rotatable bonds is 2. The van der Waals surface area contributed by atoms with Crippen LogP contribution < -0.4 is 0 Å².